The Morgan fingerprint density at radius 1 is 1.30 bits per heavy atom. The zero-order valence-corrected chi connectivity index (χ0v) is 11.9. The van der Waals surface area contributed by atoms with E-state index in [1.807, 2.05) is 24.3 Å². The van der Waals surface area contributed by atoms with E-state index in [9.17, 15) is 0 Å². The summed E-state index contributed by atoms with van der Waals surface area (Å²) < 4.78 is 2.19. The third kappa shape index (κ3) is 2.12. The van der Waals surface area contributed by atoms with Gasteiger partial charge < -0.3 is 10.3 Å². The van der Waals surface area contributed by atoms with Crippen LogP contribution in [0.3, 0.4) is 0 Å². The lowest BCUT2D eigenvalue weighted by Gasteiger charge is -2.08. The summed E-state index contributed by atoms with van der Waals surface area (Å²) in [5, 5.41) is 0.552. The highest BCUT2D eigenvalue weighted by molar-refractivity contribution is 6.33. The Hall–Kier alpha value is -2.07. The van der Waals surface area contributed by atoms with Crippen LogP contribution in [0.4, 0.5) is 5.69 Å². The van der Waals surface area contributed by atoms with Gasteiger partial charge in [0.2, 0.25) is 0 Å². The van der Waals surface area contributed by atoms with Crippen molar-refractivity contribution in [2.24, 2.45) is 0 Å². The topological polar surface area (TPSA) is 56.7 Å². The van der Waals surface area contributed by atoms with Crippen molar-refractivity contribution in [2.75, 3.05) is 5.73 Å². The third-order valence-corrected chi connectivity index (χ3v) is 3.58. The van der Waals surface area contributed by atoms with Crippen molar-refractivity contribution in [3.63, 3.8) is 0 Å². The van der Waals surface area contributed by atoms with E-state index >= 15 is 0 Å². The summed E-state index contributed by atoms with van der Waals surface area (Å²) in [7, 11) is 0. The molecule has 0 atom stereocenters. The summed E-state index contributed by atoms with van der Waals surface area (Å²) in [6.45, 7) is 3.05. The van der Waals surface area contributed by atoms with E-state index in [2.05, 4.69) is 21.5 Å². The normalized spacial score (nSPS) is 11.1. The van der Waals surface area contributed by atoms with Crippen LogP contribution in [-0.4, -0.2) is 14.5 Å². The van der Waals surface area contributed by atoms with Crippen molar-refractivity contribution < 1.29 is 0 Å². The predicted molar refractivity (Wildman–Crippen MR) is 82.7 cm³/mol. The second-order valence-corrected chi connectivity index (χ2v) is 5.09. The highest BCUT2D eigenvalue weighted by Crippen LogP contribution is 2.29. The molecule has 0 fully saturated rings. The van der Waals surface area contributed by atoms with Gasteiger partial charge in [0.25, 0.3) is 0 Å². The van der Waals surface area contributed by atoms with Crippen molar-refractivity contribution in [3.8, 4) is 11.4 Å². The van der Waals surface area contributed by atoms with Crippen LogP contribution < -0.4 is 5.73 Å². The molecule has 0 aliphatic carbocycles. The molecule has 5 heteroatoms. The van der Waals surface area contributed by atoms with Gasteiger partial charge in [0, 0.05) is 18.3 Å². The van der Waals surface area contributed by atoms with E-state index in [-0.39, 0.29) is 0 Å². The number of fused-ring (bicyclic) bond motifs is 1. The number of hydrogen-bond acceptors (Lipinski definition) is 3. The molecule has 0 radical (unpaired) electrons. The molecule has 0 aliphatic heterocycles. The van der Waals surface area contributed by atoms with Crippen LogP contribution in [0.5, 0.6) is 0 Å². The van der Waals surface area contributed by atoms with E-state index in [0.717, 1.165) is 35.4 Å². The monoisotopic (exact) mass is 286 g/mol. The number of imidazole rings is 1. The largest absolute Gasteiger partial charge is 0.398 e. The molecule has 20 heavy (non-hydrogen) atoms. The number of aromatic nitrogens is 3. The van der Waals surface area contributed by atoms with Crippen LogP contribution in [0.1, 0.15) is 13.3 Å². The lowest BCUT2D eigenvalue weighted by Crippen LogP contribution is -2.00. The Balaban J connectivity index is 2.23. The van der Waals surface area contributed by atoms with Crippen LogP contribution in [0.2, 0.25) is 5.02 Å². The van der Waals surface area contributed by atoms with Gasteiger partial charge in [-0.05, 0) is 30.7 Å². The molecule has 4 nitrogen and oxygen atoms in total. The lowest BCUT2D eigenvalue weighted by molar-refractivity contribution is 0.704. The fraction of sp³-hybridized carbons (Fsp3) is 0.200. The molecule has 102 valence electrons. The smallest absolute Gasteiger partial charge is 0.141 e. The van der Waals surface area contributed by atoms with Gasteiger partial charge in [0.1, 0.15) is 11.3 Å². The summed E-state index contributed by atoms with van der Waals surface area (Å²) >= 11 is 6.12. The van der Waals surface area contributed by atoms with Crippen LogP contribution in [0, 0.1) is 0 Å². The molecule has 0 saturated carbocycles. The van der Waals surface area contributed by atoms with E-state index in [1.54, 1.807) is 12.4 Å². The van der Waals surface area contributed by atoms with Gasteiger partial charge >= 0.3 is 0 Å². The number of nitrogens with two attached hydrogens (primary N) is 1. The zero-order chi connectivity index (χ0) is 14.1. The second kappa shape index (κ2) is 5.13. The molecule has 2 heterocycles. The molecule has 3 aromatic rings. The van der Waals surface area contributed by atoms with E-state index in [0.29, 0.717) is 10.7 Å². The van der Waals surface area contributed by atoms with Crippen molar-refractivity contribution in [2.45, 2.75) is 19.9 Å². The van der Waals surface area contributed by atoms with E-state index < -0.39 is 0 Å². The molecular formula is C15H15ClN4. The fourth-order valence-electron chi connectivity index (χ4n) is 2.32. The summed E-state index contributed by atoms with van der Waals surface area (Å²) in [4.78, 5) is 8.80. The van der Waals surface area contributed by atoms with Crippen molar-refractivity contribution in [1.82, 2.24) is 14.5 Å². The summed E-state index contributed by atoms with van der Waals surface area (Å²) in [6, 6.07) is 7.60. The van der Waals surface area contributed by atoms with Crippen molar-refractivity contribution >= 4 is 28.3 Å². The van der Waals surface area contributed by atoms with Gasteiger partial charge in [-0.2, -0.15) is 0 Å². The molecule has 0 aliphatic rings. The Bertz CT molecular complexity index is 764. The molecule has 3 rings (SSSR count). The first-order valence-corrected chi connectivity index (χ1v) is 6.94. The van der Waals surface area contributed by atoms with Crippen LogP contribution in [-0.2, 0) is 6.54 Å². The van der Waals surface area contributed by atoms with Gasteiger partial charge in [0.05, 0.1) is 22.4 Å². The summed E-state index contributed by atoms with van der Waals surface area (Å²) in [5.41, 5.74) is 9.30. The third-order valence-electron chi connectivity index (χ3n) is 3.26. The molecule has 0 unspecified atom stereocenters. The quantitative estimate of drug-likeness (QED) is 0.746. The Morgan fingerprint density at radius 3 is 2.90 bits per heavy atom. The molecule has 1 aromatic carbocycles. The van der Waals surface area contributed by atoms with Crippen LogP contribution in [0.15, 0.2) is 36.7 Å². The number of nitrogen functional groups attached to an aromatic ring is 1. The molecule has 0 spiro atoms. The Morgan fingerprint density at radius 2 is 2.15 bits per heavy atom. The zero-order valence-electron chi connectivity index (χ0n) is 11.2. The predicted octanol–water partition coefficient (Wildman–Crippen LogP) is 3.74. The standard InChI is InChI=1S/C15H15ClN4/c1-2-7-20-14-5-6-18-9-13(14)19-15(20)10-3-4-12(17)11(16)8-10/h3-6,8-9H,2,7,17H2,1H3. The number of aryl methyl sites for hydroxylation is 1. The Kier molecular flexibility index (Phi) is 3.32. The van der Waals surface area contributed by atoms with Crippen LogP contribution in [0.25, 0.3) is 22.4 Å². The van der Waals surface area contributed by atoms with E-state index in [1.165, 1.54) is 0 Å². The number of rotatable bonds is 3. The molecule has 0 bridgehead atoms. The van der Waals surface area contributed by atoms with Gasteiger partial charge in [-0.15, -0.1) is 0 Å². The lowest BCUT2D eigenvalue weighted by atomic mass is 10.2. The van der Waals surface area contributed by atoms with Crippen molar-refractivity contribution in [3.05, 3.63) is 41.7 Å². The summed E-state index contributed by atoms with van der Waals surface area (Å²) in [6.07, 6.45) is 4.60. The first-order valence-electron chi connectivity index (χ1n) is 6.56. The molecular weight excluding hydrogens is 272 g/mol. The molecule has 0 saturated heterocycles. The van der Waals surface area contributed by atoms with Crippen LogP contribution >= 0.6 is 11.6 Å². The van der Waals surface area contributed by atoms with Gasteiger partial charge in [0.15, 0.2) is 0 Å². The second-order valence-electron chi connectivity index (χ2n) is 4.69. The number of halogens is 1. The number of hydrogen-bond donors (Lipinski definition) is 1. The highest BCUT2D eigenvalue weighted by Gasteiger charge is 2.12. The molecule has 0 amide bonds. The maximum atomic E-state index is 6.12. The molecule has 2 aromatic heterocycles. The first-order chi connectivity index (χ1) is 9.70. The molecule has 2 N–H and O–H groups in total. The van der Waals surface area contributed by atoms with Crippen molar-refractivity contribution in [1.29, 1.82) is 0 Å². The average molecular weight is 287 g/mol. The van der Waals surface area contributed by atoms with Gasteiger partial charge in [-0.1, -0.05) is 18.5 Å². The maximum absolute atomic E-state index is 6.12. The summed E-state index contributed by atoms with van der Waals surface area (Å²) in [5.74, 6) is 0.900. The number of pyridine rings is 1. The minimum atomic E-state index is 0.552. The minimum absolute atomic E-state index is 0.552. The van der Waals surface area contributed by atoms with Gasteiger partial charge in [-0.25, -0.2) is 4.98 Å². The maximum Gasteiger partial charge on any atom is 0.141 e. The Labute approximate surface area is 122 Å². The highest BCUT2D eigenvalue weighted by atomic mass is 35.5. The number of benzene rings is 1. The fourth-order valence-corrected chi connectivity index (χ4v) is 2.50. The first kappa shape index (κ1) is 12.9. The number of anilines is 1. The van der Waals surface area contributed by atoms with E-state index in [4.69, 9.17) is 17.3 Å². The average Bonchev–Trinajstić information content (AvgIpc) is 2.82. The SMILES string of the molecule is CCCn1c(-c2ccc(N)c(Cl)c2)nc2cnccc21. The number of nitrogens with zero attached hydrogens (tertiary/aromatic N) is 3. The van der Waals surface area contributed by atoms with Gasteiger partial charge in [-0.3, -0.25) is 4.98 Å². The minimum Gasteiger partial charge on any atom is -0.398 e.